The van der Waals surface area contributed by atoms with Gasteiger partial charge in [-0.25, -0.2) is 4.79 Å². The summed E-state index contributed by atoms with van der Waals surface area (Å²) in [7, 11) is 1.51. The van der Waals surface area contributed by atoms with Crippen LogP contribution in [0, 0.1) is 0 Å². The van der Waals surface area contributed by atoms with Crippen molar-refractivity contribution in [2.24, 2.45) is 0 Å². The Bertz CT molecular complexity index is 754. The number of hydrogen-bond acceptors (Lipinski definition) is 6. The largest absolute Gasteiger partial charge is 0.493 e. The number of benzene rings is 1. The van der Waals surface area contributed by atoms with Crippen LogP contribution < -0.4 is 9.47 Å². The van der Waals surface area contributed by atoms with Crippen molar-refractivity contribution in [3.63, 3.8) is 0 Å². The minimum absolute atomic E-state index is 0.0410. The van der Waals surface area contributed by atoms with Gasteiger partial charge in [-0.3, -0.25) is 4.79 Å². The van der Waals surface area contributed by atoms with Crippen LogP contribution in [0.1, 0.15) is 33.3 Å². The first-order valence-electron chi connectivity index (χ1n) is 9.51. The van der Waals surface area contributed by atoms with Crippen LogP contribution in [0.15, 0.2) is 18.2 Å². The van der Waals surface area contributed by atoms with E-state index in [1.54, 1.807) is 23.1 Å². The van der Waals surface area contributed by atoms with Gasteiger partial charge in [-0.2, -0.15) is 0 Å². The van der Waals surface area contributed by atoms with Gasteiger partial charge < -0.3 is 23.8 Å². The van der Waals surface area contributed by atoms with Crippen LogP contribution in [-0.2, 0) is 19.1 Å². The Morgan fingerprint density at radius 2 is 1.93 bits per heavy atom. The van der Waals surface area contributed by atoms with Crippen molar-refractivity contribution in [3.05, 3.63) is 28.8 Å². The number of nitrogens with zero attached hydrogens (tertiary/aromatic N) is 1. The molecular formula is C21H28ClNO6. The van der Waals surface area contributed by atoms with E-state index >= 15 is 0 Å². The van der Waals surface area contributed by atoms with Crippen molar-refractivity contribution < 1.29 is 28.5 Å². The smallest absolute Gasteiger partial charge is 0.331 e. The maximum Gasteiger partial charge on any atom is 0.331 e. The SMILES string of the molecule is COc1cc(/C=C/C(=O)OCC(=O)N2C[C@H](C)O[C@@H](C)C2)cc(Cl)c1OC(C)C. The molecule has 1 aliphatic heterocycles. The molecule has 160 valence electrons. The molecular weight excluding hydrogens is 398 g/mol. The Morgan fingerprint density at radius 3 is 2.52 bits per heavy atom. The van der Waals surface area contributed by atoms with Crippen LogP contribution in [0.4, 0.5) is 0 Å². The predicted octanol–water partition coefficient (Wildman–Crippen LogP) is 3.33. The second kappa shape index (κ2) is 10.5. The van der Waals surface area contributed by atoms with E-state index in [0.29, 0.717) is 35.2 Å². The maximum absolute atomic E-state index is 12.2. The van der Waals surface area contributed by atoms with Gasteiger partial charge in [-0.05, 0) is 51.5 Å². The van der Waals surface area contributed by atoms with Gasteiger partial charge in [-0.15, -0.1) is 0 Å². The predicted molar refractivity (Wildman–Crippen MR) is 110 cm³/mol. The molecule has 0 aliphatic carbocycles. The molecule has 1 heterocycles. The van der Waals surface area contributed by atoms with Gasteiger partial charge in [0.05, 0.1) is 30.4 Å². The molecule has 0 saturated carbocycles. The van der Waals surface area contributed by atoms with E-state index in [1.165, 1.54) is 13.2 Å². The quantitative estimate of drug-likeness (QED) is 0.492. The number of carbonyl (C=O) groups excluding carboxylic acids is 2. The fourth-order valence-corrected chi connectivity index (χ4v) is 3.27. The first kappa shape index (κ1) is 23.0. The van der Waals surface area contributed by atoms with E-state index in [0.717, 1.165) is 0 Å². The normalized spacial score (nSPS) is 19.5. The summed E-state index contributed by atoms with van der Waals surface area (Å²) in [6.45, 7) is 8.24. The van der Waals surface area contributed by atoms with E-state index in [4.69, 9.17) is 30.5 Å². The van der Waals surface area contributed by atoms with Crippen molar-refractivity contribution in [1.82, 2.24) is 4.90 Å². The highest BCUT2D eigenvalue weighted by Gasteiger charge is 2.26. The average molecular weight is 426 g/mol. The Kier molecular flexibility index (Phi) is 8.34. The summed E-state index contributed by atoms with van der Waals surface area (Å²) in [5.41, 5.74) is 0.641. The number of rotatable bonds is 7. The van der Waals surface area contributed by atoms with E-state index < -0.39 is 5.97 Å². The molecule has 1 saturated heterocycles. The fourth-order valence-electron chi connectivity index (χ4n) is 3.00. The minimum Gasteiger partial charge on any atom is -0.493 e. The molecule has 1 aromatic carbocycles. The monoisotopic (exact) mass is 425 g/mol. The van der Waals surface area contributed by atoms with Crippen LogP contribution in [0.25, 0.3) is 6.08 Å². The van der Waals surface area contributed by atoms with Gasteiger partial charge in [-0.1, -0.05) is 11.6 Å². The third-order valence-electron chi connectivity index (χ3n) is 4.13. The molecule has 0 N–H and O–H groups in total. The number of methoxy groups -OCH3 is 1. The summed E-state index contributed by atoms with van der Waals surface area (Å²) in [5.74, 6) is 0.0485. The number of amides is 1. The number of morpholine rings is 1. The van der Waals surface area contributed by atoms with Gasteiger partial charge in [0.1, 0.15) is 0 Å². The molecule has 8 heteroatoms. The molecule has 0 aromatic heterocycles. The molecule has 0 bridgehead atoms. The summed E-state index contributed by atoms with van der Waals surface area (Å²) in [4.78, 5) is 25.9. The topological polar surface area (TPSA) is 74.3 Å². The van der Waals surface area contributed by atoms with Crippen LogP contribution in [-0.4, -0.2) is 61.9 Å². The molecule has 29 heavy (non-hydrogen) atoms. The lowest BCUT2D eigenvalue weighted by Crippen LogP contribution is -2.49. The van der Waals surface area contributed by atoms with E-state index in [9.17, 15) is 9.59 Å². The van der Waals surface area contributed by atoms with Crippen molar-refractivity contribution in [1.29, 1.82) is 0 Å². The van der Waals surface area contributed by atoms with Gasteiger partial charge in [0.15, 0.2) is 18.1 Å². The lowest BCUT2D eigenvalue weighted by Gasteiger charge is -2.35. The molecule has 1 aromatic rings. The highest BCUT2D eigenvalue weighted by molar-refractivity contribution is 6.32. The highest BCUT2D eigenvalue weighted by Crippen LogP contribution is 2.37. The summed E-state index contributed by atoms with van der Waals surface area (Å²) in [6.07, 6.45) is 2.64. The second-order valence-electron chi connectivity index (χ2n) is 7.20. The molecule has 2 atom stereocenters. The van der Waals surface area contributed by atoms with E-state index in [2.05, 4.69) is 0 Å². The molecule has 0 radical (unpaired) electrons. The molecule has 0 unspecified atom stereocenters. The van der Waals surface area contributed by atoms with Gasteiger partial charge in [0.25, 0.3) is 5.91 Å². The van der Waals surface area contributed by atoms with E-state index in [1.807, 2.05) is 27.7 Å². The van der Waals surface area contributed by atoms with Crippen molar-refractivity contribution in [2.45, 2.75) is 46.0 Å². The van der Waals surface area contributed by atoms with Crippen molar-refractivity contribution >= 4 is 29.6 Å². The molecule has 1 fully saturated rings. The Morgan fingerprint density at radius 1 is 1.28 bits per heavy atom. The molecule has 0 spiro atoms. The Balaban J connectivity index is 1.95. The van der Waals surface area contributed by atoms with Gasteiger partial charge >= 0.3 is 5.97 Å². The summed E-state index contributed by atoms with van der Waals surface area (Å²) >= 11 is 6.27. The minimum atomic E-state index is -0.620. The zero-order valence-electron chi connectivity index (χ0n) is 17.4. The third-order valence-corrected chi connectivity index (χ3v) is 4.41. The first-order valence-corrected chi connectivity index (χ1v) is 9.89. The second-order valence-corrected chi connectivity index (χ2v) is 7.61. The lowest BCUT2D eigenvalue weighted by atomic mass is 10.2. The molecule has 2 rings (SSSR count). The highest BCUT2D eigenvalue weighted by atomic mass is 35.5. The number of esters is 1. The molecule has 1 aliphatic rings. The standard InChI is InChI=1S/C21H28ClNO6/c1-13(2)28-21-17(22)8-16(9-18(21)26-5)6-7-20(25)27-12-19(24)23-10-14(3)29-15(4)11-23/h6-9,13-15H,10-12H2,1-5H3/b7-6+/t14-,15-/m0/s1. The number of hydrogen-bond donors (Lipinski definition) is 0. The Labute approximate surface area is 176 Å². The van der Waals surface area contributed by atoms with Gasteiger partial charge in [0.2, 0.25) is 0 Å². The fraction of sp³-hybridized carbons (Fsp3) is 0.524. The van der Waals surface area contributed by atoms with Crippen molar-refractivity contribution in [2.75, 3.05) is 26.8 Å². The number of ether oxygens (including phenoxy) is 4. The van der Waals surface area contributed by atoms with Crippen molar-refractivity contribution in [3.8, 4) is 11.5 Å². The number of carbonyl (C=O) groups is 2. The lowest BCUT2D eigenvalue weighted by molar-refractivity contribution is -0.154. The van der Waals surface area contributed by atoms with Crippen LogP contribution >= 0.6 is 11.6 Å². The van der Waals surface area contributed by atoms with Gasteiger partial charge in [0, 0.05) is 19.2 Å². The third kappa shape index (κ3) is 6.94. The molecule has 1 amide bonds. The Hall–Kier alpha value is -2.25. The summed E-state index contributed by atoms with van der Waals surface area (Å²) in [5, 5.41) is 0.372. The summed E-state index contributed by atoms with van der Waals surface area (Å²) in [6, 6.07) is 3.36. The zero-order chi connectivity index (χ0) is 21.6. The maximum atomic E-state index is 12.2. The van der Waals surface area contributed by atoms with Crippen LogP contribution in [0.2, 0.25) is 5.02 Å². The first-order chi connectivity index (χ1) is 13.7. The molecule has 7 nitrogen and oxygen atoms in total. The number of halogens is 1. The van der Waals surface area contributed by atoms with E-state index in [-0.39, 0.29) is 30.8 Å². The summed E-state index contributed by atoms with van der Waals surface area (Å²) < 4.78 is 21.6. The zero-order valence-corrected chi connectivity index (χ0v) is 18.2. The average Bonchev–Trinajstić information content (AvgIpc) is 2.65. The van der Waals surface area contributed by atoms with Crippen LogP contribution in [0.3, 0.4) is 0 Å². The van der Waals surface area contributed by atoms with Crippen LogP contribution in [0.5, 0.6) is 11.5 Å².